The van der Waals surface area contributed by atoms with Crippen molar-refractivity contribution in [3.8, 4) is 0 Å². The molecular formula is C6H9NO4S. The number of hydrogen-bond donors (Lipinski definition) is 2. The zero-order valence-corrected chi connectivity index (χ0v) is 7.04. The monoisotopic (exact) mass is 191 g/mol. The highest BCUT2D eigenvalue weighted by molar-refractivity contribution is 7.88. The quantitative estimate of drug-likeness (QED) is 0.614. The Morgan fingerprint density at radius 3 is 2.58 bits per heavy atom. The average Bonchev–Trinajstić information content (AvgIpc) is 1.84. The van der Waals surface area contributed by atoms with Gasteiger partial charge in [-0.3, -0.25) is 9.35 Å². The van der Waals surface area contributed by atoms with Crippen LogP contribution in [0.25, 0.3) is 0 Å². The van der Waals surface area contributed by atoms with Crippen molar-refractivity contribution in [2.24, 2.45) is 0 Å². The molecule has 0 aromatic heterocycles. The molecule has 0 aliphatic rings. The Morgan fingerprint density at radius 2 is 2.17 bits per heavy atom. The Morgan fingerprint density at radius 1 is 1.58 bits per heavy atom. The van der Waals surface area contributed by atoms with Crippen LogP contribution in [-0.2, 0) is 14.9 Å². The summed E-state index contributed by atoms with van der Waals surface area (Å²) in [4.78, 5) is 10.6. The minimum Gasteiger partial charge on any atom is -0.333 e. The predicted molar refractivity (Wildman–Crippen MR) is 43.6 cm³/mol. The van der Waals surface area contributed by atoms with Gasteiger partial charge in [-0.15, -0.1) is 0 Å². The van der Waals surface area contributed by atoms with Crippen LogP contribution in [-0.4, -0.2) is 18.9 Å². The SMILES string of the molecule is C=CNC(=O)CC=CS(=O)(=O)O. The van der Waals surface area contributed by atoms with Crippen LogP contribution in [0.1, 0.15) is 6.42 Å². The summed E-state index contributed by atoms with van der Waals surface area (Å²) in [6, 6.07) is 0. The molecule has 0 spiro atoms. The van der Waals surface area contributed by atoms with Crippen LogP contribution < -0.4 is 5.32 Å². The average molecular weight is 191 g/mol. The van der Waals surface area contributed by atoms with Gasteiger partial charge in [0.15, 0.2) is 0 Å². The second kappa shape index (κ2) is 4.68. The second-order valence-electron chi connectivity index (χ2n) is 1.86. The van der Waals surface area contributed by atoms with E-state index in [4.69, 9.17) is 4.55 Å². The summed E-state index contributed by atoms with van der Waals surface area (Å²) in [5.41, 5.74) is 0. The number of amides is 1. The summed E-state index contributed by atoms with van der Waals surface area (Å²) in [5, 5.41) is 2.78. The highest BCUT2D eigenvalue weighted by atomic mass is 32.2. The van der Waals surface area contributed by atoms with Crippen molar-refractivity contribution in [3.05, 3.63) is 24.3 Å². The summed E-state index contributed by atoms with van der Waals surface area (Å²) in [6.45, 7) is 3.23. The third-order valence-electron chi connectivity index (χ3n) is 0.834. The molecule has 0 rings (SSSR count). The fourth-order valence-corrected chi connectivity index (χ4v) is 0.789. The molecule has 0 heterocycles. The van der Waals surface area contributed by atoms with Crippen LogP contribution >= 0.6 is 0 Å². The third-order valence-corrected chi connectivity index (χ3v) is 1.37. The molecule has 0 saturated carbocycles. The Bertz CT molecular complexity index is 291. The number of hydrogen-bond acceptors (Lipinski definition) is 3. The van der Waals surface area contributed by atoms with Gasteiger partial charge in [0.1, 0.15) is 0 Å². The lowest BCUT2D eigenvalue weighted by Crippen LogP contribution is -2.14. The van der Waals surface area contributed by atoms with Gasteiger partial charge in [0, 0.05) is 6.42 Å². The first-order valence-electron chi connectivity index (χ1n) is 3.00. The van der Waals surface area contributed by atoms with Gasteiger partial charge in [0.25, 0.3) is 10.1 Å². The van der Waals surface area contributed by atoms with Crippen molar-refractivity contribution in [2.45, 2.75) is 6.42 Å². The maximum absolute atomic E-state index is 10.6. The van der Waals surface area contributed by atoms with Gasteiger partial charge in [-0.1, -0.05) is 12.7 Å². The number of carbonyl (C=O) groups excluding carboxylic acids is 1. The molecule has 2 N–H and O–H groups in total. The van der Waals surface area contributed by atoms with Crippen molar-refractivity contribution in [1.29, 1.82) is 0 Å². The molecule has 0 aliphatic heterocycles. The van der Waals surface area contributed by atoms with E-state index in [1.807, 2.05) is 0 Å². The summed E-state index contributed by atoms with van der Waals surface area (Å²) in [5.74, 6) is -0.398. The molecule has 12 heavy (non-hydrogen) atoms. The normalized spacial score (nSPS) is 11.4. The fraction of sp³-hybridized carbons (Fsp3) is 0.167. The largest absolute Gasteiger partial charge is 0.333 e. The molecule has 0 bridgehead atoms. The van der Waals surface area contributed by atoms with E-state index in [9.17, 15) is 13.2 Å². The Hall–Kier alpha value is -1.14. The van der Waals surface area contributed by atoms with Gasteiger partial charge < -0.3 is 5.32 Å². The van der Waals surface area contributed by atoms with E-state index in [0.29, 0.717) is 5.41 Å². The minimum atomic E-state index is -4.12. The molecule has 0 aromatic rings. The molecule has 0 unspecified atom stereocenters. The molecule has 1 amide bonds. The van der Waals surface area contributed by atoms with Crippen molar-refractivity contribution < 1.29 is 17.8 Å². The fourth-order valence-electron chi connectivity index (χ4n) is 0.450. The molecule has 0 aliphatic carbocycles. The van der Waals surface area contributed by atoms with Gasteiger partial charge in [-0.2, -0.15) is 8.42 Å². The summed E-state index contributed by atoms with van der Waals surface area (Å²) in [7, 11) is -4.12. The standard InChI is InChI=1S/C6H9NO4S/c1-2-7-6(8)4-3-5-12(9,10)11/h2-3,5H,1,4H2,(H,7,8)(H,9,10,11). The summed E-state index contributed by atoms with van der Waals surface area (Å²) < 4.78 is 28.4. The van der Waals surface area contributed by atoms with Gasteiger partial charge in [0.05, 0.1) is 5.41 Å². The van der Waals surface area contributed by atoms with Crippen molar-refractivity contribution in [1.82, 2.24) is 5.32 Å². The van der Waals surface area contributed by atoms with Gasteiger partial charge >= 0.3 is 0 Å². The molecule has 0 aromatic carbocycles. The summed E-state index contributed by atoms with van der Waals surface area (Å²) in [6.07, 6.45) is 2.10. The summed E-state index contributed by atoms with van der Waals surface area (Å²) >= 11 is 0. The number of carbonyl (C=O) groups is 1. The molecule has 6 heteroatoms. The molecule has 5 nitrogen and oxygen atoms in total. The van der Waals surface area contributed by atoms with Gasteiger partial charge in [0.2, 0.25) is 5.91 Å². The van der Waals surface area contributed by atoms with Crippen LogP contribution in [0.15, 0.2) is 24.3 Å². The van der Waals surface area contributed by atoms with E-state index in [2.05, 4.69) is 11.9 Å². The van der Waals surface area contributed by atoms with E-state index in [1.165, 1.54) is 6.20 Å². The lowest BCUT2D eigenvalue weighted by molar-refractivity contribution is -0.119. The Labute approximate surface area is 70.5 Å². The topological polar surface area (TPSA) is 83.5 Å². The zero-order chi connectivity index (χ0) is 9.61. The Kier molecular flexibility index (Phi) is 4.24. The van der Waals surface area contributed by atoms with Crippen LogP contribution in [0.3, 0.4) is 0 Å². The van der Waals surface area contributed by atoms with Crippen molar-refractivity contribution in [2.75, 3.05) is 0 Å². The smallest absolute Gasteiger partial charge is 0.287 e. The first-order valence-corrected chi connectivity index (χ1v) is 4.50. The van der Waals surface area contributed by atoms with E-state index in [0.717, 1.165) is 6.08 Å². The highest BCUT2D eigenvalue weighted by Gasteiger charge is 1.97. The molecule has 0 saturated heterocycles. The van der Waals surface area contributed by atoms with E-state index < -0.39 is 16.0 Å². The van der Waals surface area contributed by atoms with Crippen LogP contribution in [0.4, 0.5) is 0 Å². The van der Waals surface area contributed by atoms with Gasteiger partial charge in [-0.05, 0) is 6.20 Å². The van der Waals surface area contributed by atoms with Gasteiger partial charge in [-0.25, -0.2) is 0 Å². The van der Waals surface area contributed by atoms with E-state index in [-0.39, 0.29) is 6.42 Å². The number of nitrogens with one attached hydrogen (secondary N) is 1. The molecule has 0 radical (unpaired) electrons. The first-order chi connectivity index (χ1) is 5.45. The Balaban J connectivity index is 3.91. The van der Waals surface area contributed by atoms with Crippen molar-refractivity contribution in [3.63, 3.8) is 0 Å². The van der Waals surface area contributed by atoms with Crippen LogP contribution in [0, 0.1) is 0 Å². The van der Waals surface area contributed by atoms with Crippen LogP contribution in [0.2, 0.25) is 0 Å². The lowest BCUT2D eigenvalue weighted by Gasteiger charge is -1.92. The second-order valence-corrected chi connectivity index (χ2v) is 3.16. The molecule has 68 valence electrons. The lowest BCUT2D eigenvalue weighted by atomic mass is 10.4. The maximum atomic E-state index is 10.6. The minimum absolute atomic E-state index is 0.119. The molecule has 0 fully saturated rings. The highest BCUT2D eigenvalue weighted by Crippen LogP contribution is 1.88. The predicted octanol–water partition coefficient (Wildman–Crippen LogP) is 0.0377. The third kappa shape index (κ3) is 6.97. The van der Waals surface area contributed by atoms with Crippen molar-refractivity contribution >= 4 is 16.0 Å². The maximum Gasteiger partial charge on any atom is 0.287 e. The molecule has 0 atom stereocenters. The zero-order valence-electron chi connectivity index (χ0n) is 6.23. The first kappa shape index (κ1) is 10.9. The van der Waals surface area contributed by atoms with E-state index in [1.54, 1.807) is 0 Å². The van der Waals surface area contributed by atoms with Crippen LogP contribution in [0.5, 0.6) is 0 Å². The molecular weight excluding hydrogens is 182 g/mol. The van der Waals surface area contributed by atoms with E-state index >= 15 is 0 Å². The number of rotatable bonds is 4.